The van der Waals surface area contributed by atoms with E-state index in [2.05, 4.69) is 15.6 Å². The van der Waals surface area contributed by atoms with Crippen LogP contribution in [0.5, 0.6) is 0 Å². The number of carbonyl (C=O) groups excluding carboxylic acids is 2. The Morgan fingerprint density at radius 2 is 1.50 bits per heavy atom. The molecule has 6 heteroatoms. The number of pyridine rings is 1. The first-order valence-corrected chi connectivity index (χ1v) is 9.66. The zero-order chi connectivity index (χ0) is 21.3. The van der Waals surface area contributed by atoms with Gasteiger partial charge in [-0.25, -0.2) is 4.98 Å². The average molecular weight is 398 g/mol. The lowest BCUT2D eigenvalue weighted by molar-refractivity contribution is 0.101. The molecule has 0 unspecified atom stereocenters. The summed E-state index contributed by atoms with van der Waals surface area (Å²) in [5.41, 5.74) is 5.27. The predicted octanol–water partition coefficient (Wildman–Crippen LogP) is 4.76. The molecule has 0 aliphatic heterocycles. The van der Waals surface area contributed by atoms with Crippen molar-refractivity contribution < 1.29 is 9.59 Å². The molecule has 0 fully saturated rings. The molecular formula is C24H22N4O2. The van der Waals surface area contributed by atoms with Gasteiger partial charge in [0.1, 0.15) is 0 Å². The fourth-order valence-electron chi connectivity index (χ4n) is 3.62. The van der Waals surface area contributed by atoms with Crippen molar-refractivity contribution in [1.82, 2.24) is 9.38 Å². The Bertz CT molecular complexity index is 1240. The Morgan fingerprint density at radius 3 is 2.20 bits per heavy atom. The number of aromatic nitrogens is 2. The van der Waals surface area contributed by atoms with Crippen molar-refractivity contribution in [3.63, 3.8) is 0 Å². The second kappa shape index (κ2) is 7.83. The van der Waals surface area contributed by atoms with Crippen LogP contribution in [-0.4, -0.2) is 21.2 Å². The van der Waals surface area contributed by atoms with E-state index >= 15 is 0 Å². The molecule has 0 bridgehead atoms. The molecule has 6 nitrogen and oxygen atoms in total. The molecule has 2 aromatic carbocycles. The first-order chi connectivity index (χ1) is 14.4. The van der Waals surface area contributed by atoms with Crippen molar-refractivity contribution in [3.05, 3.63) is 95.1 Å². The minimum absolute atomic E-state index is 0.156. The maximum atomic E-state index is 13.1. The second-order valence-electron chi connectivity index (χ2n) is 7.29. The summed E-state index contributed by atoms with van der Waals surface area (Å²) in [7, 11) is 0. The van der Waals surface area contributed by atoms with Crippen LogP contribution in [0, 0.1) is 20.8 Å². The number of imidazole rings is 1. The maximum absolute atomic E-state index is 13.1. The number of nitrogens with zero attached hydrogens (tertiary/aromatic N) is 2. The van der Waals surface area contributed by atoms with Crippen LogP contribution in [-0.2, 0) is 0 Å². The number of nitrogens with one attached hydrogen (secondary N) is 2. The summed E-state index contributed by atoms with van der Waals surface area (Å²) in [5, 5.41) is 5.79. The van der Waals surface area contributed by atoms with E-state index in [9.17, 15) is 9.59 Å². The molecular weight excluding hydrogens is 376 g/mol. The largest absolute Gasteiger partial charge is 0.321 e. The van der Waals surface area contributed by atoms with Crippen molar-refractivity contribution in [2.75, 3.05) is 10.6 Å². The molecule has 0 saturated carbocycles. The SMILES string of the molecule is Cc1cc(C)c(NC(=O)c2nc(C(=O)Nc3ccccc3)c3ccccn23)c(C)c1. The molecule has 2 amide bonds. The Morgan fingerprint density at radius 1 is 0.833 bits per heavy atom. The van der Waals surface area contributed by atoms with E-state index in [1.54, 1.807) is 34.9 Å². The molecule has 0 aliphatic rings. The molecule has 2 N–H and O–H groups in total. The van der Waals surface area contributed by atoms with Crippen LogP contribution < -0.4 is 10.6 Å². The van der Waals surface area contributed by atoms with Crippen LogP contribution in [0.4, 0.5) is 11.4 Å². The molecule has 4 aromatic rings. The van der Waals surface area contributed by atoms with E-state index in [0.717, 1.165) is 22.4 Å². The summed E-state index contributed by atoms with van der Waals surface area (Å²) in [6.45, 7) is 5.93. The van der Waals surface area contributed by atoms with Gasteiger partial charge in [0.15, 0.2) is 5.69 Å². The van der Waals surface area contributed by atoms with Crippen LogP contribution in [0.1, 0.15) is 37.8 Å². The van der Waals surface area contributed by atoms with Gasteiger partial charge >= 0.3 is 0 Å². The number of carbonyl (C=O) groups is 2. The molecule has 0 atom stereocenters. The zero-order valence-electron chi connectivity index (χ0n) is 17.1. The van der Waals surface area contributed by atoms with Gasteiger partial charge in [-0.3, -0.25) is 14.0 Å². The topological polar surface area (TPSA) is 75.5 Å². The third-order valence-corrected chi connectivity index (χ3v) is 4.91. The summed E-state index contributed by atoms with van der Waals surface area (Å²) < 4.78 is 1.63. The summed E-state index contributed by atoms with van der Waals surface area (Å²) in [6.07, 6.45) is 1.73. The third-order valence-electron chi connectivity index (χ3n) is 4.91. The van der Waals surface area contributed by atoms with Gasteiger partial charge in [0.25, 0.3) is 11.8 Å². The van der Waals surface area contributed by atoms with Gasteiger partial charge in [-0.05, 0) is 56.2 Å². The molecule has 4 rings (SSSR count). The first-order valence-electron chi connectivity index (χ1n) is 9.66. The lowest BCUT2D eigenvalue weighted by atomic mass is 10.1. The van der Waals surface area contributed by atoms with E-state index in [-0.39, 0.29) is 23.3 Å². The van der Waals surface area contributed by atoms with E-state index in [4.69, 9.17) is 0 Å². The summed E-state index contributed by atoms with van der Waals surface area (Å²) in [4.78, 5) is 30.3. The van der Waals surface area contributed by atoms with Crippen molar-refractivity contribution >= 4 is 28.7 Å². The first kappa shape index (κ1) is 19.4. The van der Waals surface area contributed by atoms with E-state index in [0.29, 0.717) is 11.2 Å². The van der Waals surface area contributed by atoms with Crippen molar-refractivity contribution in [3.8, 4) is 0 Å². The molecule has 2 heterocycles. The van der Waals surface area contributed by atoms with Crippen molar-refractivity contribution in [2.24, 2.45) is 0 Å². The molecule has 2 aromatic heterocycles. The van der Waals surface area contributed by atoms with Gasteiger partial charge in [-0.15, -0.1) is 0 Å². The highest BCUT2D eigenvalue weighted by Gasteiger charge is 2.22. The number of benzene rings is 2. The summed E-state index contributed by atoms with van der Waals surface area (Å²) in [5.74, 6) is -0.583. The zero-order valence-corrected chi connectivity index (χ0v) is 17.1. The highest BCUT2D eigenvalue weighted by Crippen LogP contribution is 2.23. The normalized spacial score (nSPS) is 10.8. The summed E-state index contributed by atoms with van der Waals surface area (Å²) >= 11 is 0. The van der Waals surface area contributed by atoms with Gasteiger partial charge in [0.2, 0.25) is 5.82 Å². The number of hydrogen-bond acceptors (Lipinski definition) is 3. The van der Waals surface area contributed by atoms with Crippen molar-refractivity contribution in [2.45, 2.75) is 20.8 Å². The second-order valence-corrected chi connectivity index (χ2v) is 7.29. The van der Waals surface area contributed by atoms with Crippen LogP contribution in [0.3, 0.4) is 0 Å². The third kappa shape index (κ3) is 3.67. The smallest absolute Gasteiger partial charge is 0.292 e. The van der Waals surface area contributed by atoms with Crippen LogP contribution in [0.15, 0.2) is 66.9 Å². The minimum atomic E-state index is -0.370. The molecule has 0 radical (unpaired) electrons. The Labute approximate surface area is 174 Å². The number of fused-ring (bicyclic) bond motifs is 1. The van der Waals surface area contributed by atoms with Gasteiger partial charge in [-0.2, -0.15) is 0 Å². The highest BCUT2D eigenvalue weighted by atomic mass is 16.2. The van der Waals surface area contributed by atoms with Gasteiger partial charge < -0.3 is 10.6 Å². The molecule has 0 saturated heterocycles. The summed E-state index contributed by atoms with van der Waals surface area (Å²) in [6, 6.07) is 18.6. The molecule has 0 aliphatic carbocycles. The van der Waals surface area contributed by atoms with E-state index < -0.39 is 0 Å². The number of rotatable bonds is 4. The lowest BCUT2D eigenvalue weighted by Gasteiger charge is -2.12. The van der Waals surface area contributed by atoms with E-state index in [1.807, 2.05) is 57.2 Å². The molecule has 30 heavy (non-hydrogen) atoms. The van der Waals surface area contributed by atoms with Crippen molar-refractivity contribution in [1.29, 1.82) is 0 Å². The standard InChI is InChI=1S/C24H22N4O2/c1-15-13-16(2)20(17(3)14-15)27-24(30)22-26-21(19-11-7-8-12-28(19)22)23(29)25-18-9-5-4-6-10-18/h4-14H,1-3H3,(H,25,29)(H,27,30). The average Bonchev–Trinajstić information content (AvgIpc) is 3.11. The fraction of sp³-hybridized carbons (Fsp3) is 0.125. The predicted molar refractivity (Wildman–Crippen MR) is 118 cm³/mol. The van der Waals surface area contributed by atoms with Gasteiger partial charge in [-0.1, -0.05) is 42.0 Å². The lowest BCUT2D eigenvalue weighted by Crippen LogP contribution is -2.18. The Kier molecular flexibility index (Phi) is 5.06. The minimum Gasteiger partial charge on any atom is -0.321 e. The van der Waals surface area contributed by atoms with Crippen LogP contribution in [0.2, 0.25) is 0 Å². The van der Waals surface area contributed by atoms with Crippen LogP contribution in [0.25, 0.3) is 5.52 Å². The Balaban J connectivity index is 1.70. The highest BCUT2D eigenvalue weighted by molar-refractivity contribution is 6.10. The number of anilines is 2. The molecule has 0 spiro atoms. The number of para-hydroxylation sites is 1. The quantitative estimate of drug-likeness (QED) is 0.520. The number of amides is 2. The van der Waals surface area contributed by atoms with Crippen LogP contribution >= 0.6 is 0 Å². The monoisotopic (exact) mass is 398 g/mol. The molecule has 150 valence electrons. The number of hydrogen-bond donors (Lipinski definition) is 2. The van der Waals surface area contributed by atoms with Gasteiger partial charge in [0.05, 0.1) is 5.52 Å². The fourth-order valence-corrected chi connectivity index (χ4v) is 3.62. The van der Waals surface area contributed by atoms with Gasteiger partial charge in [0, 0.05) is 17.6 Å². The maximum Gasteiger partial charge on any atom is 0.292 e. The number of aryl methyl sites for hydroxylation is 3. The Hall–Kier alpha value is -3.93. The van der Waals surface area contributed by atoms with E-state index in [1.165, 1.54) is 0 Å².